The largest absolute Gasteiger partial charge is 0.476 e. The van der Waals surface area contributed by atoms with Crippen molar-refractivity contribution in [2.24, 2.45) is 0 Å². The molecule has 0 fully saturated rings. The fourth-order valence-corrected chi connectivity index (χ4v) is 3.70. The van der Waals surface area contributed by atoms with Crippen molar-refractivity contribution in [2.75, 3.05) is 6.54 Å². The van der Waals surface area contributed by atoms with Crippen molar-refractivity contribution < 1.29 is 14.7 Å². The lowest BCUT2D eigenvalue weighted by atomic mass is 10.0. The molecule has 0 unspecified atom stereocenters. The number of aromatic amines is 1. The van der Waals surface area contributed by atoms with Crippen LogP contribution in [0.4, 0.5) is 0 Å². The van der Waals surface area contributed by atoms with E-state index in [0.29, 0.717) is 18.5 Å². The molecule has 144 valence electrons. The molecule has 3 heterocycles. The van der Waals surface area contributed by atoms with Crippen molar-refractivity contribution in [3.63, 3.8) is 0 Å². The van der Waals surface area contributed by atoms with Gasteiger partial charge in [0, 0.05) is 42.0 Å². The number of rotatable bonds is 4. The van der Waals surface area contributed by atoms with Gasteiger partial charge >= 0.3 is 5.97 Å². The fraction of sp³-hybridized carbons (Fsp3) is 0.300. The molecule has 0 radical (unpaired) electrons. The molecular weight excluding hydrogens is 358 g/mol. The number of amides is 1. The summed E-state index contributed by atoms with van der Waals surface area (Å²) in [6, 6.07) is 9.80. The van der Waals surface area contributed by atoms with Crippen LogP contribution >= 0.6 is 0 Å². The van der Waals surface area contributed by atoms with E-state index >= 15 is 0 Å². The van der Waals surface area contributed by atoms with Crippen LogP contribution in [0.5, 0.6) is 0 Å². The molecule has 8 heteroatoms. The van der Waals surface area contributed by atoms with E-state index < -0.39 is 5.97 Å². The normalized spacial score (nSPS) is 13.4. The molecule has 3 aromatic rings. The van der Waals surface area contributed by atoms with Crippen LogP contribution < -0.4 is 0 Å². The van der Waals surface area contributed by atoms with Crippen molar-refractivity contribution in [3.8, 4) is 5.69 Å². The molecule has 28 heavy (non-hydrogen) atoms. The quantitative estimate of drug-likeness (QED) is 0.722. The number of aromatic carboxylic acids is 1. The van der Waals surface area contributed by atoms with Crippen molar-refractivity contribution in [1.82, 2.24) is 24.9 Å². The number of H-pyrrole nitrogens is 1. The van der Waals surface area contributed by atoms with Crippen molar-refractivity contribution >= 4 is 11.9 Å². The first-order valence-corrected chi connectivity index (χ1v) is 9.13. The number of carboxylic acid groups (broad SMARTS) is 1. The standard InChI is InChI=1S/C20H21N5O3/c1-12-15(13(2)25(23-12)14-6-4-3-5-7-14)10-18(26)24-9-8-17-16(11-24)19(20(27)28)22-21-17/h3-7H,8-11H2,1-2H3,(H,21,22)(H,27,28). The summed E-state index contributed by atoms with van der Waals surface area (Å²) >= 11 is 0. The molecule has 8 nitrogen and oxygen atoms in total. The van der Waals surface area contributed by atoms with Crippen LogP contribution in [-0.2, 0) is 24.2 Å². The molecular formula is C20H21N5O3. The number of benzene rings is 1. The number of nitrogens with zero attached hydrogens (tertiary/aromatic N) is 4. The molecule has 0 aliphatic carbocycles. The maximum Gasteiger partial charge on any atom is 0.356 e. The second-order valence-electron chi connectivity index (χ2n) is 6.97. The van der Waals surface area contributed by atoms with Crippen molar-refractivity contribution in [1.29, 1.82) is 0 Å². The highest BCUT2D eigenvalue weighted by Gasteiger charge is 2.28. The van der Waals surface area contributed by atoms with Gasteiger partial charge in [-0.1, -0.05) is 18.2 Å². The van der Waals surface area contributed by atoms with Crippen LogP contribution in [-0.4, -0.2) is 48.4 Å². The molecule has 0 bridgehead atoms. The Morgan fingerprint density at radius 2 is 1.96 bits per heavy atom. The van der Waals surface area contributed by atoms with Crippen molar-refractivity contribution in [3.05, 3.63) is 64.2 Å². The lowest BCUT2D eigenvalue weighted by Crippen LogP contribution is -2.37. The fourth-order valence-electron chi connectivity index (χ4n) is 3.70. The number of nitrogens with one attached hydrogen (secondary N) is 1. The minimum absolute atomic E-state index is 0.00300. The summed E-state index contributed by atoms with van der Waals surface area (Å²) in [5.41, 5.74) is 5.01. The molecule has 0 saturated heterocycles. The number of hydrogen-bond donors (Lipinski definition) is 2. The first-order chi connectivity index (χ1) is 13.5. The summed E-state index contributed by atoms with van der Waals surface area (Å²) < 4.78 is 1.85. The molecule has 1 aliphatic rings. The van der Waals surface area contributed by atoms with E-state index in [1.807, 2.05) is 48.9 Å². The Kier molecular flexibility index (Phi) is 4.46. The van der Waals surface area contributed by atoms with E-state index in [0.717, 1.165) is 28.3 Å². The summed E-state index contributed by atoms with van der Waals surface area (Å²) in [5, 5.41) is 20.5. The monoisotopic (exact) mass is 379 g/mol. The van der Waals surface area contributed by atoms with Gasteiger partial charge in [0.15, 0.2) is 5.69 Å². The molecule has 1 aromatic carbocycles. The second-order valence-corrected chi connectivity index (χ2v) is 6.97. The Morgan fingerprint density at radius 1 is 1.21 bits per heavy atom. The van der Waals surface area contributed by atoms with Crippen LogP contribution in [0.2, 0.25) is 0 Å². The number of aryl methyl sites for hydroxylation is 1. The summed E-state index contributed by atoms with van der Waals surface area (Å²) in [6.45, 7) is 4.67. The minimum Gasteiger partial charge on any atom is -0.476 e. The topological polar surface area (TPSA) is 104 Å². The number of para-hydroxylation sites is 1. The molecule has 1 amide bonds. The number of carbonyl (C=O) groups is 2. The second kappa shape index (κ2) is 6.95. The van der Waals surface area contributed by atoms with Gasteiger partial charge in [-0.2, -0.15) is 10.2 Å². The highest BCUT2D eigenvalue weighted by molar-refractivity contribution is 5.88. The maximum atomic E-state index is 12.9. The zero-order valence-electron chi connectivity index (χ0n) is 15.8. The molecule has 2 aromatic heterocycles. The summed E-state index contributed by atoms with van der Waals surface area (Å²) in [7, 11) is 0. The SMILES string of the molecule is Cc1nn(-c2ccccc2)c(C)c1CC(=O)N1CCc2[nH]nc(C(=O)O)c2C1. The Bertz CT molecular complexity index is 1050. The van der Waals surface area contributed by atoms with Gasteiger partial charge in [0.25, 0.3) is 0 Å². The number of fused-ring (bicyclic) bond motifs is 1. The third-order valence-electron chi connectivity index (χ3n) is 5.26. The van der Waals surface area contributed by atoms with Crippen LogP contribution in [0.25, 0.3) is 5.69 Å². The van der Waals surface area contributed by atoms with Gasteiger partial charge in [-0.3, -0.25) is 9.89 Å². The van der Waals surface area contributed by atoms with Gasteiger partial charge in [-0.25, -0.2) is 9.48 Å². The van der Waals surface area contributed by atoms with Gasteiger partial charge < -0.3 is 10.0 Å². The first-order valence-electron chi connectivity index (χ1n) is 9.13. The lowest BCUT2D eigenvalue weighted by Gasteiger charge is -2.27. The van der Waals surface area contributed by atoms with Gasteiger partial charge in [-0.15, -0.1) is 0 Å². The highest BCUT2D eigenvalue weighted by atomic mass is 16.4. The van der Waals surface area contributed by atoms with E-state index in [9.17, 15) is 14.7 Å². The van der Waals surface area contributed by atoms with Crippen LogP contribution in [0.3, 0.4) is 0 Å². The molecule has 0 atom stereocenters. The Balaban J connectivity index is 1.56. The molecule has 4 rings (SSSR count). The average molecular weight is 379 g/mol. The van der Waals surface area contributed by atoms with E-state index in [1.54, 1.807) is 4.90 Å². The number of hydrogen-bond acceptors (Lipinski definition) is 4. The Hall–Kier alpha value is -3.42. The Labute approximate surface area is 161 Å². The maximum absolute atomic E-state index is 12.9. The van der Waals surface area contributed by atoms with E-state index in [1.165, 1.54) is 0 Å². The summed E-state index contributed by atoms with van der Waals surface area (Å²) in [5.74, 6) is -1.12. The molecule has 0 saturated carbocycles. The van der Waals surface area contributed by atoms with Crippen LogP contribution in [0.15, 0.2) is 30.3 Å². The van der Waals surface area contributed by atoms with Crippen LogP contribution in [0.1, 0.15) is 38.7 Å². The molecule has 0 spiro atoms. The lowest BCUT2D eigenvalue weighted by molar-refractivity contribution is -0.131. The summed E-state index contributed by atoms with van der Waals surface area (Å²) in [6.07, 6.45) is 0.808. The Morgan fingerprint density at radius 3 is 2.68 bits per heavy atom. The van der Waals surface area contributed by atoms with Crippen molar-refractivity contribution in [2.45, 2.75) is 33.2 Å². The van der Waals surface area contributed by atoms with E-state index in [2.05, 4.69) is 15.3 Å². The number of carbonyl (C=O) groups excluding carboxylic acids is 1. The number of aromatic nitrogens is 4. The number of carboxylic acids is 1. The van der Waals surface area contributed by atoms with Crippen LogP contribution in [0, 0.1) is 13.8 Å². The highest BCUT2D eigenvalue weighted by Crippen LogP contribution is 2.23. The van der Waals surface area contributed by atoms with E-state index in [4.69, 9.17) is 0 Å². The molecule has 2 N–H and O–H groups in total. The summed E-state index contributed by atoms with van der Waals surface area (Å²) in [4.78, 5) is 26.0. The third kappa shape index (κ3) is 3.06. The predicted octanol–water partition coefficient (Wildman–Crippen LogP) is 2.04. The van der Waals surface area contributed by atoms with Gasteiger partial charge in [0.2, 0.25) is 5.91 Å². The smallest absolute Gasteiger partial charge is 0.356 e. The van der Waals surface area contributed by atoms with Gasteiger partial charge in [0.1, 0.15) is 0 Å². The molecule has 1 aliphatic heterocycles. The predicted molar refractivity (Wildman–Crippen MR) is 101 cm³/mol. The zero-order chi connectivity index (χ0) is 19.8. The van der Waals surface area contributed by atoms with E-state index in [-0.39, 0.29) is 24.6 Å². The average Bonchev–Trinajstić information content (AvgIpc) is 3.24. The van der Waals surface area contributed by atoms with Gasteiger partial charge in [0.05, 0.1) is 17.8 Å². The van der Waals surface area contributed by atoms with Gasteiger partial charge in [-0.05, 0) is 26.0 Å². The third-order valence-corrected chi connectivity index (χ3v) is 5.26. The zero-order valence-corrected chi connectivity index (χ0v) is 15.8. The minimum atomic E-state index is -1.08. The first kappa shape index (κ1) is 18.0.